The van der Waals surface area contributed by atoms with Crippen LogP contribution in [0.1, 0.15) is 120 Å². The van der Waals surface area contributed by atoms with Gasteiger partial charge >= 0.3 is 0 Å². The Morgan fingerprint density at radius 3 is 2.03 bits per heavy atom. The Labute approximate surface area is 182 Å². The lowest BCUT2D eigenvalue weighted by molar-refractivity contribution is 0.325. The Morgan fingerprint density at radius 2 is 1.40 bits per heavy atom. The molecule has 0 radical (unpaired) electrons. The second kappa shape index (κ2) is 11.1. The Morgan fingerprint density at radius 1 is 0.833 bits per heavy atom. The van der Waals surface area contributed by atoms with Gasteiger partial charge < -0.3 is 4.42 Å². The number of hydrogen-bond acceptors (Lipinski definition) is 4. The lowest BCUT2D eigenvalue weighted by Gasteiger charge is -2.19. The molecule has 0 N–H and O–H groups in total. The molecule has 4 rings (SSSR count). The van der Waals surface area contributed by atoms with Crippen LogP contribution in [0.4, 0.5) is 0 Å². The topological polar surface area (TPSA) is 56.7 Å². The van der Waals surface area contributed by atoms with E-state index in [9.17, 15) is 0 Å². The first-order valence-electron chi connectivity index (χ1n) is 12.7. The largest absolute Gasteiger partial charge is 0.438 e. The van der Waals surface area contributed by atoms with Crippen molar-refractivity contribution in [1.29, 1.82) is 0 Å². The van der Waals surface area contributed by atoms with E-state index >= 15 is 0 Å². The SMILES string of the molecule is Cc1nc(-c2ncc(C3CCCCCCCCC3)o2)n(CC2CCCCCCC2)n1. The van der Waals surface area contributed by atoms with Gasteiger partial charge in [-0.2, -0.15) is 5.10 Å². The Bertz CT molecular complexity index is 747. The maximum Gasteiger partial charge on any atom is 0.264 e. The van der Waals surface area contributed by atoms with Gasteiger partial charge in [0, 0.05) is 12.5 Å². The van der Waals surface area contributed by atoms with Crippen molar-refractivity contribution in [3.05, 3.63) is 17.8 Å². The van der Waals surface area contributed by atoms with E-state index in [0.717, 1.165) is 24.0 Å². The number of oxazole rings is 1. The van der Waals surface area contributed by atoms with Crippen molar-refractivity contribution in [2.75, 3.05) is 0 Å². The highest BCUT2D eigenvalue weighted by atomic mass is 16.4. The number of aryl methyl sites for hydroxylation is 1. The Balaban J connectivity index is 1.47. The maximum absolute atomic E-state index is 6.33. The first kappa shape index (κ1) is 21.6. The van der Waals surface area contributed by atoms with Crippen LogP contribution in [0.2, 0.25) is 0 Å². The predicted molar refractivity (Wildman–Crippen MR) is 120 cm³/mol. The molecule has 0 atom stereocenters. The molecule has 0 spiro atoms. The Kier molecular flexibility index (Phi) is 7.99. The molecule has 166 valence electrons. The number of hydrogen-bond donors (Lipinski definition) is 0. The zero-order chi connectivity index (χ0) is 20.6. The summed E-state index contributed by atoms with van der Waals surface area (Å²) in [6.45, 7) is 2.92. The van der Waals surface area contributed by atoms with Crippen LogP contribution in [0, 0.1) is 12.8 Å². The lowest BCUT2D eigenvalue weighted by atomic mass is 9.91. The molecule has 5 nitrogen and oxygen atoms in total. The van der Waals surface area contributed by atoms with E-state index in [1.807, 2.05) is 13.1 Å². The first-order valence-corrected chi connectivity index (χ1v) is 12.7. The number of nitrogens with zero attached hydrogens (tertiary/aromatic N) is 4. The minimum Gasteiger partial charge on any atom is -0.438 e. The van der Waals surface area contributed by atoms with Crippen molar-refractivity contribution in [2.45, 2.75) is 122 Å². The molecular formula is C25H40N4O. The third kappa shape index (κ3) is 5.95. The highest BCUT2D eigenvalue weighted by molar-refractivity contribution is 5.41. The van der Waals surface area contributed by atoms with Gasteiger partial charge in [0.1, 0.15) is 11.6 Å². The van der Waals surface area contributed by atoms with Crippen molar-refractivity contribution in [3.8, 4) is 11.7 Å². The molecule has 0 bridgehead atoms. The van der Waals surface area contributed by atoms with Gasteiger partial charge in [-0.3, -0.25) is 0 Å². The van der Waals surface area contributed by atoms with E-state index in [-0.39, 0.29) is 0 Å². The smallest absolute Gasteiger partial charge is 0.264 e. The van der Waals surface area contributed by atoms with E-state index in [1.165, 1.54) is 103 Å². The molecule has 2 aromatic rings. The summed E-state index contributed by atoms with van der Waals surface area (Å²) in [5.74, 6) is 4.55. The molecule has 30 heavy (non-hydrogen) atoms. The lowest BCUT2D eigenvalue weighted by Crippen LogP contribution is -2.14. The third-order valence-corrected chi connectivity index (χ3v) is 7.16. The summed E-state index contributed by atoms with van der Waals surface area (Å²) in [7, 11) is 0. The molecular weight excluding hydrogens is 372 g/mol. The summed E-state index contributed by atoms with van der Waals surface area (Å²) < 4.78 is 8.40. The van der Waals surface area contributed by atoms with Crippen molar-refractivity contribution in [2.24, 2.45) is 5.92 Å². The van der Waals surface area contributed by atoms with Gasteiger partial charge in [0.25, 0.3) is 5.89 Å². The molecule has 0 unspecified atom stereocenters. The molecule has 0 aliphatic heterocycles. The van der Waals surface area contributed by atoms with Crippen molar-refractivity contribution in [1.82, 2.24) is 19.7 Å². The maximum atomic E-state index is 6.33. The van der Waals surface area contributed by atoms with Crippen LogP contribution >= 0.6 is 0 Å². The van der Waals surface area contributed by atoms with Gasteiger partial charge in [0.15, 0.2) is 0 Å². The fourth-order valence-corrected chi connectivity index (χ4v) is 5.38. The van der Waals surface area contributed by atoms with Crippen LogP contribution in [0.5, 0.6) is 0 Å². The quantitative estimate of drug-likeness (QED) is 0.532. The second-order valence-electron chi connectivity index (χ2n) is 9.69. The molecule has 2 fully saturated rings. The van der Waals surface area contributed by atoms with E-state index in [0.29, 0.717) is 17.7 Å². The Hall–Kier alpha value is -1.65. The standard InChI is InChI=1S/C25H40N4O/c1-20-27-24(29(28-20)19-21-14-10-6-5-7-11-15-21)25-26-18-23(30-25)22-16-12-8-3-2-4-9-13-17-22/h18,21-22H,2-17,19H2,1H3. The fraction of sp³-hybridized carbons (Fsp3) is 0.800. The zero-order valence-electron chi connectivity index (χ0n) is 18.9. The molecule has 0 saturated heterocycles. The number of aromatic nitrogens is 4. The normalized spacial score (nSPS) is 21.2. The summed E-state index contributed by atoms with van der Waals surface area (Å²) in [6, 6.07) is 0. The average Bonchev–Trinajstić information content (AvgIpc) is 3.34. The van der Waals surface area contributed by atoms with Crippen LogP contribution in [0.25, 0.3) is 11.7 Å². The summed E-state index contributed by atoms with van der Waals surface area (Å²) in [5, 5.41) is 4.71. The van der Waals surface area contributed by atoms with Gasteiger partial charge in [-0.25, -0.2) is 14.6 Å². The highest BCUT2D eigenvalue weighted by Crippen LogP contribution is 2.32. The van der Waals surface area contributed by atoms with Crippen molar-refractivity contribution >= 4 is 0 Å². The molecule has 0 amide bonds. The van der Waals surface area contributed by atoms with Crippen molar-refractivity contribution in [3.63, 3.8) is 0 Å². The molecule has 2 aliphatic carbocycles. The summed E-state index contributed by atoms with van der Waals surface area (Å²) >= 11 is 0. The minimum atomic E-state index is 0.507. The van der Waals surface area contributed by atoms with Crippen LogP contribution < -0.4 is 0 Å². The molecule has 0 aromatic carbocycles. The first-order chi connectivity index (χ1) is 14.8. The van der Waals surface area contributed by atoms with Crippen LogP contribution in [0.3, 0.4) is 0 Å². The van der Waals surface area contributed by atoms with Gasteiger partial charge in [-0.1, -0.05) is 77.0 Å². The van der Waals surface area contributed by atoms with Crippen LogP contribution in [-0.4, -0.2) is 19.7 Å². The van der Waals surface area contributed by atoms with E-state index in [4.69, 9.17) is 14.5 Å². The monoisotopic (exact) mass is 412 g/mol. The molecule has 2 aliphatic rings. The van der Waals surface area contributed by atoms with E-state index < -0.39 is 0 Å². The highest BCUT2D eigenvalue weighted by Gasteiger charge is 2.22. The van der Waals surface area contributed by atoms with Crippen LogP contribution in [0.15, 0.2) is 10.6 Å². The summed E-state index contributed by atoms with van der Waals surface area (Å²) in [4.78, 5) is 9.37. The molecule has 2 heterocycles. The third-order valence-electron chi connectivity index (χ3n) is 7.16. The predicted octanol–water partition coefficient (Wildman–Crippen LogP) is 7.21. The van der Waals surface area contributed by atoms with Gasteiger partial charge in [0.2, 0.25) is 5.82 Å². The van der Waals surface area contributed by atoms with E-state index in [1.54, 1.807) is 0 Å². The second-order valence-corrected chi connectivity index (χ2v) is 9.69. The average molecular weight is 413 g/mol. The zero-order valence-corrected chi connectivity index (χ0v) is 18.9. The van der Waals surface area contributed by atoms with Gasteiger partial charge in [-0.15, -0.1) is 0 Å². The molecule has 5 heteroatoms. The fourth-order valence-electron chi connectivity index (χ4n) is 5.38. The van der Waals surface area contributed by atoms with Gasteiger partial charge in [0.05, 0.1) is 6.20 Å². The number of rotatable bonds is 4. The van der Waals surface area contributed by atoms with Crippen molar-refractivity contribution < 1.29 is 4.42 Å². The minimum absolute atomic E-state index is 0.507. The summed E-state index contributed by atoms with van der Waals surface area (Å²) in [6.07, 6.45) is 23.4. The molecule has 2 aromatic heterocycles. The van der Waals surface area contributed by atoms with E-state index in [2.05, 4.69) is 9.67 Å². The summed E-state index contributed by atoms with van der Waals surface area (Å²) in [5.41, 5.74) is 0. The van der Waals surface area contributed by atoms with Crippen LogP contribution in [-0.2, 0) is 6.54 Å². The molecule has 2 saturated carbocycles. The van der Waals surface area contributed by atoms with Gasteiger partial charge in [-0.05, 0) is 38.5 Å².